The van der Waals surface area contributed by atoms with Crippen LogP contribution in [0.2, 0.25) is 0 Å². The highest BCUT2D eigenvalue weighted by Crippen LogP contribution is 2.16. The van der Waals surface area contributed by atoms with Crippen LogP contribution in [0.15, 0.2) is 58.1 Å². The fourth-order valence-corrected chi connectivity index (χ4v) is 3.14. The maximum atomic E-state index is 12.3. The van der Waals surface area contributed by atoms with Gasteiger partial charge in [-0.2, -0.15) is 0 Å². The Labute approximate surface area is 150 Å². The van der Waals surface area contributed by atoms with Gasteiger partial charge < -0.3 is 5.32 Å². The second kappa shape index (κ2) is 7.39. The molecule has 0 bridgehead atoms. The number of hydrogen-bond donors (Lipinski definition) is 2. The minimum Gasteiger partial charge on any atom is -0.350 e. The average Bonchev–Trinajstić information content (AvgIpc) is 2.61. The van der Waals surface area contributed by atoms with Crippen LogP contribution in [-0.2, 0) is 11.3 Å². The molecule has 134 valence electrons. The summed E-state index contributed by atoms with van der Waals surface area (Å²) >= 11 is 0. The van der Waals surface area contributed by atoms with Gasteiger partial charge >= 0.3 is 5.69 Å². The van der Waals surface area contributed by atoms with Gasteiger partial charge in [-0.3, -0.25) is 19.1 Å². The maximum absolute atomic E-state index is 12.3. The van der Waals surface area contributed by atoms with E-state index in [1.165, 1.54) is 4.57 Å². The molecule has 0 aliphatic rings. The van der Waals surface area contributed by atoms with E-state index in [2.05, 4.69) is 10.3 Å². The summed E-state index contributed by atoms with van der Waals surface area (Å²) in [6.45, 7) is 4.13. The molecule has 1 heterocycles. The van der Waals surface area contributed by atoms with E-state index in [-0.39, 0.29) is 24.9 Å². The quantitative estimate of drug-likeness (QED) is 0.739. The van der Waals surface area contributed by atoms with E-state index in [1.807, 2.05) is 38.1 Å². The van der Waals surface area contributed by atoms with Crippen LogP contribution in [0.5, 0.6) is 0 Å². The van der Waals surface area contributed by atoms with Gasteiger partial charge in [0, 0.05) is 13.0 Å². The molecule has 1 aromatic heterocycles. The van der Waals surface area contributed by atoms with Crippen LogP contribution < -0.4 is 16.6 Å². The fraction of sp³-hybridized carbons (Fsp3) is 0.250. The molecule has 6 nitrogen and oxygen atoms in total. The van der Waals surface area contributed by atoms with Crippen molar-refractivity contribution in [1.29, 1.82) is 0 Å². The fourth-order valence-electron chi connectivity index (χ4n) is 3.14. The van der Waals surface area contributed by atoms with E-state index < -0.39 is 11.2 Å². The van der Waals surface area contributed by atoms with Gasteiger partial charge in [-0.25, -0.2) is 4.79 Å². The zero-order chi connectivity index (χ0) is 18.7. The van der Waals surface area contributed by atoms with Gasteiger partial charge in [0.1, 0.15) is 0 Å². The number of nitrogens with one attached hydrogen (secondary N) is 2. The molecule has 1 atom stereocenters. The molecule has 0 aliphatic carbocycles. The summed E-state index contributed by atoms with van der Waals surface area (Å²) in [5, 5.41) is 3.39. The summed E-state index contributed by atoms with van der Waals surface area (Å²) in [6, 6.07) is 14.6. The highest BCUT2D eigenvalue weighted by Gasteiger charge is 2.13. The first kappa shape index (κ1) is 17.7. The van der Waals surface area contributed by atoms with Crippen molar-refractivity contribution >= 4 is 16.8 Å². The molecule has 0 fully saturated rings. The van der Waals surface area contributed by atoms with E-state index in [9.17, 15) is 14.4 Å². The van der Waals surface area contributed by atoms with E-state index in [1.54, 1.807) is 24.3 Å². The molecule has 3 aromatic rings. The van der Waals surface area contributed by atoms with Crippen LogP contribution in [-0.4, -0.2) is 15.5 Å². The SMILES string of the molecule is Cc1ccccc1[C@H](C)NC(=O)CCn1c(=O)[nH]c(=O)c2ccccc21. The predicted octanol–water partition coefficient (Wildman–Crippen LogP) is 2.27. The second-order valence-corrected chi connectivity index (χ2v) is 6.32. The molecule has 2 N–H and O–H groups in total. The molecular weight excluding hydrogens is 330 g/mol. The van der Waals surface area contributed by atoms with Crippen LogP contribution >= 0.6 is 0 Å². The first-order valence-corrected chi connectivity index (χ1v) is 8.54. The van der Waals surface area contributed by atoms with Gasteiger partial charge in [-0.15, -0.1) is 0 Å². The third kappa shape index (κ3) is 3.59. The Bertz CT molecular complexity index is 1070. The van der Waals surface area contributed by atoms with E-state index >= 15 is 0 Å². The third-order valence-electron chi connectivity index (χ3n) is 4.50. The van der Waals surface area contributed by atoms with Crippen LogP contribution in [0.25, 0.3) is 10.9 Å². The highest BCUT2D eigenvalue weighted by molar-refractivity contribution is 5.79. The molecule has 0 unspecified atom stereocenters. The molecule has 6 heteroatoms. The van der Waals surface area contributed by atoms with Gasteiger partial charge in [0.2, 0.25) is 5.91 Å². The lowest BCUT2D eigenvalue weighted by Crippen LogP contribution is -2.33. The van der Waals surface area contributed by atoms with E-state index in [0.29, 0.717) is 10.9 Å². The maximum Gasteiger partial charge on any atom is 0.328 e. The van der Waals surface area contributed by atoms with Crippen LogP contribution in [0.4, 0.5) is 0 Å². The Balaban J connectivity index is 1.75. The smallest absolute Gasteiger partial charge is 0.328 e. The van der Waals surface area contributed by atoms with Crippen molar-refractivity contribution in [3.8, 4) is 0 Å². The topological polar surface area (TPSA) is 84.0 Å². The molecule has 0 spiro atoms. The van der Waals surface area contributed by atoms with E-state index in [4.69, 9.17) is 0 Å². The molecule has 3 rings (SSSR count). The molecule has 2 aromatic carbocycles. The average molecular weight is 351 g/mol. The van der Waals surface area contributed by atoms with Gasteiger partial charge in [-0.05, 0) is 37.1 Å². The standard InChI is InChI=1S/C20H21N3O3/c1-13-7-3-4-8-15(13)14(2)21-18(24)11-12-23-17-10-6-5-9-16(17)19(25)22-20(23)26/h3-10,14H,11-12H2,1-2H3,(H,21,24)(H,22,25,26)/t14-/m0/s1. The number of H-pyrrole nitrogens is 1. The van der Waals surface area contributed by atoms with E-state index in [0.717, 1.165) is 11.1 Å². The van der Waals surface area contributed by atoms with Crippen LogP contribution in [0.1, 0.15) is 30.5 Å². The Hall–Kier alpha value is -3.15. The summed E-state index contributed by atoms with van der Waals surface area (Å²) in [6.07, 6.45) is 0.145. The Morgan fingerprint density at radius 1 is 1.12 bits per heavy atom. The summed E-state index contributed by atoms with van der Waals surface area (Å²) < 4.78 is 1.43. The molecule has 0 saturated carbocycles. The highest BCUT2D eigenvalue weighted by atomic mass is 16.2. The van der Waals surface area contributed by atoms with Crippen molar-refractivity contribution in [2.45, 2.75) is 32.9 Å². The number of hydrogen-bond acceptors (Lipinski definition) is 3. The lowest BCUT2D eigenvalue weighted by Gasteiger charge is -2.17. The molecule has 26 heavy (non-hydrogen) atoms. The number of aromatic nitrogens is 2. The summed E-state index contributed by atoms with van der Waals surface area (Å²) in [7, 11) is 0. The lowest BCUT2D eigenvalue weighted by atomic mass is 10.0. The summed E-state index contributed by atoms with van der Waals surface area (Å²) in [4.78, 5) is 38.6. The van der Waals surface area contributed by atoms with Gasteiger partial charge in [0.25, 0.3) is 5.56 Å². The Morgan fingerprint density at radius 3 is 2.58 bits per heavy atom. The van der Waals surface area contributed by atoms with Gasteiger partial charge in [0.15, 0.2) is 0 Å². The number of carbonyl (C=O) groups excluding carboxylic acids is 1. The summed E-state index contributed by atoms with van der Waals surface area (Å²) in [5.74, 6) is -0.150. The number of nitrogens with zero attached hydrogens (tertiary/aromatic N) is 1. The zero-order valence-electron chi connectivity index (χ0n) is 14.8. The number of aromatic amines is 1. The van der Waals surface area contributed by atoms with Crippen molar-refractivity contribution in [3.63, 3.8) is 0 Å². The van der Waals surface area contributed by atoms with Crippen molar-refractivity contribution in [2.24, 2.45) is 0 Å². The van der Waals surface area contributed by atoms with Crippen LogP contribution in [0.3, 0.4) is 0 Å². The Morgan fingerprint density at radius 2 is 1.81 bits per heavy atom. The predicted molar refractivity (Wildman–Crippen MR) is 101 cm³/mol. The lowest BCUT2D eigenvalue weighted by molar-refractivity contribution is -0.121. The molecule has 0 saturated heterocycles. The number of para-hydroxylation sites is 1. The monoisotopic (exact) mass is 351 g/mol. The van der Waals surface area contributed by atoms with Crippen molar-refractivity contribution in [1.82, 2.24) is 14.9 Å². The van der Waals surface area contributed by atoms with Crippen molar-refractivity contribution in [2.75, 3.05) is 0 Å². The van der Waals surface area contributed by atoms with Gasteiger partial charge in [-0.1, -0.05) is 36.4 Å². The normalized spacial score (nSPS) is 12.1. The number of fused-ring (bicyclic) bond motifs is 1. The zero-order valence-corrected chi connectivity index (χ0v) is 14.8. The first-order valence-electron chi connectivity index (χ1n) is 8.54. The number of benzene rings is 2. The number of aryl methyl sites for hydroxylation is 2. The molecule has 0 radical (unpaired) electrons. The largest absolute Gasteiger partial charge is 0.350 e. The molecular formula is C20H21N3O3. The first-order chi connectivity index (χ1) is 12.5. The second-order valence-electron chi connectivity index (χ2n) is 6.32. The molecule has 0 aliphatic heterocycles. The van der Waals surface area contributed by atoms with Crippen molar-refractivity contribution < 1.29 is 4.79 Å². The van der Waals surface area contributed by atoms with Gasteiger partial charge in [0.05, 0.1) is 16.9 Å². The van der Waals surface area contributed by atoms with Crippen LogP contribution in [0, 0.1) is 6.92 Å². The third-order valence-corrected chi connectivity index (χ3v) is 4.50. The number of carbonyl (C=O) groups is 1. The van der Waals surface area contributed by atoms with Crippen molar-refractivity contribution in [3.05, 3.63) is 80.5 Å². The Kier molecular flexibility index (Phi) is 5.02. The molecule has 1 amide bonds. The minimum absolute atomic E-state index is 0.118. The minimum atomic E-state index is -0.506. The number of rotatable bonds is 5. The summed E-state index contributed by atoms with van der Waals surface area (Å²) in [5.41, 5.74) is 1.78. The number of amides is 1.